The summed E-state index contributed by atoms with van der Waals surface area (Å²) in [5.74, 6) is 0. The molecule has 0 bridgehead atoms. The molecule has 3 N–H and O–H groups in total. The molecule has 1 aromatic heterocycles. The van der Waals surface area contributed by atoms with Crippen LogP contribution in [0.5, 0.6) is 0 Å². The zero-order valence-electron chi connectivity index (χ0n) is 10.8. The van der Waals surface area contributed by atoms with Crippen LogP contribution in [0.15, 0.2) is 18.6 Å². The van der Waals surface area contributed by atoms with Crippen LogP contribution >= 0.6 is 0 Å². The van der Waals surface area contributed by atoms with Gasteiger partial charge in [-0.15, -0.1) is 0 Å². The van der Waals surface area contributed by atoms with Gasteiger partial charge in [-0.1, -0.05) is 6.92 Å². The Kier molecular flexibility index (Phi) is 3.47. The van der Waals surface area contributed by atoms with Crippen molar-refractivity contribution in [1.29, 1.82) is 0 Å². The molecule has 2 unspecified atom stereocenters. The maximum Gasteiger partial charge on any atom is 0.315 e. The highest BCUT2D eigenvalue weighted by molar-refractivity contribution is 5.73. The SMILES string of the molecule is CCC1(c2ccncn2)C(C)NCCN1C(N)=O. The number of amides is 2. The number of nitrogens with zero attached hydrogens (tertiary/aromatic N) is 3. The third kappa shape index (κ3) is 1.82. The molecule has 2 rings (SSSR count). The van der Waals surface area contributed by atoms with Gasteiger partial charge in [0.15, 0.2) is 0 Å². The predicted molar refractivity (Wildman–Crippen MR) is 67.8 cm³/mol. The summed E-state index contributed by atoms with van der Waals surface area (Å²) < 4.78 is 0. The highest BCUT2D eigenvalue weighted by Crippen LogP contribution is 2.35. The lowest BCUT2D eigenvalue weighted by molar-refractivity contribution is 0.0500. The first-order chi connectivity index (χ1) is 8.63. The van der Waals surface area contributed by atoms with Crippen molar-refractivity contribution >= 4 is 6.03 Å². The lowest BCUT2D eigenvalue weighted by Crippen LogP contribution is -2.66. The predicted octanol–water partition coefficient (Wildman–Crippen LogP) is 0.454. The first-order valence-corrected chi connectivity index (χ1v) is 6.20. The molecule has 1 fully saturated rings. The van der Waals surface area contributed by atoms with Gasteiger partial charge in [0, 0.05) is 25.3 Å². The van der Waals surface area contributed by atoms with E-state index in [4.69, 9.17) is 5.73 Å². The number of rotatable bonds is 2. The Morgan fingerprint density at radius 2 is 2.50 bits per heavy atom. The molecular formula is C12H19N5O. The van der Waals surface area contributed by atoms with Crippen LogP contribution in [0.4, 0.5) is 4.79 Å². The van der Waals surface area contributed by atoms with E-state index >= 15 is 0 Å². The first kappa shape index (κ1) is 12.8. The second-order valence-corrected chi connectivity index (χ2v) is 4.54. The molecule has 2 atom stereocenters. The van der Waals surface area contributed by atoms with Gasteiger partial charge in [0.1, 0.15) is 11.9 Å². The molecular weight excluding hydrogens is 230 g/mol. The van der Waals surface area contributed by atoms with E-state index < -0.39 is 11.6 Å². The van der Waals surface area contributed by atoms with Crippen molar-refractivity contribution in [3.8, 4) is 0 Å². The topological polar surface area (TPSA) is 84.1 Å². The third-order valence-corrected chi connectivity index (χ3v) is 3.81. The van der Waals surface area contributed by atoms with Gasteiger partial charge < -0.3 is 16.0 Å². The van der Waals surface area contributed by atoms with E-state index in [1.54, 1.807) is 11.1 Å². The van der Waals surface area contributed by atoms with Crippen LogP contribution in [0.25, 0.3) is 0 Å². The summed E-state index contributed by atoms with van der Waals surface area (Å²) in [5, 5.41) is 3.40. The molecule has 0 spiro atoms. The average Bonchev–Trinajstić information content (AvgIpc) is 2.39. The second kappa shape index (κ2) is 4.89. The number of urea groups is 1. The lowest BCUT2D eigenvalue weighted by Gasteiger charge is -2.50. The van der Waals surface area contributed by atoms with E-state index in [1.165, 1.54) is 6.33 Å². The number of hydrogen-bond donors (Lipinski definition) is 2. The van der Waals surface area contributed by atoms with Crippen LogP contribution in [-0.4, -0.2) is 40.0 Å². The van der Waals surface area contributed by atoms with Crippen molar-refractivity contribution in [3.63, 3.8) is 0 Å². The number of hydrogen-bond acceptors (Lipinski definition) is 4. The van der Waals surface area contributed by atoms with Gasteiger partial charge in [0.2, 0.25) is 0 Å². The van der Waals surface area contributed by atoms with Gasteiger partial charge in [-0.3, -0.25) is 0 Å². The summed E-state index contributed by atoms with van der Waals surface area (Å²) in [7, 11) is 0. The van der Waals surface area contributed by atoms with E-state index in [1.807, 2.05) is 13.0 Å². The Morgan fingerprint density at radius 3 is 3.06 bits per heavy atom. The minimum absolute atomic E-state index is 0.0960. The number of primary amides is 1. The second-order valence-electron chi connectivity index (χ2n) is 4.54. The lowest BCUT2D eigenvalue weighted by atomic mass is 9.81. The van der Waals surface area contributed by atoms with Crippen molar-refractivity contribution in [2.45, 2.75) is 31.8 Å². The van der Waals surface area contributed by atoms with Crippen LogP contribution in [-0.2, 0) is 5.54 Å². The van der Waals surface area contributed by atoms with Crippen LogP contribution < -0.4 is 11.1 Å². The fourth-order valence-electron chi connectivity index (χ4n) is 2.89. The normalized spacial score (nSPS) is 28.1. The van der Waals surface area contributed by atoms with Crippen molar-refractivity contribution in [3.05, 3.63) is 24.3 Å². The minimum atomic E-state index is -0.493. The van der Waals surface area contributed by atoms with Crippen LogP contribution in [0.1, 0.15) is 26.0 Å². The monoisotopic (exact) mass is 249 g/mol. The summed E-state index contributed by atoms with van der Waals surface area (Å²) >= 11 is 0. The molecule has 0 saturated carbocycles. The average molecular weight is 249 g/mol. The maximum absolute atomic E-state index is 11.7. The Labute approximate surface area is 107 Å². The van der Waals surface area contributed by atoms with Crippen molar-refractivity contribution < 1.29 is 4.79 Å². The van der Waals surface area contributed by atoms with E-state index in [9.17, 15) is 4.79 Å². The standard InChI is InChI=1S/C12H19N5O/c1-3-12(10-4-5-14-8-16-10)9(2)15-6-7-17(12)11(13)18/h4-5,8-9,15H,3,6-7H2,1-2H3,(H2,13,18). The van der Waals surface area contributed by atoms with Crippen LogP contribution in [0.2, 0.25) is 0 Å². The van der Waals surface area contributed by atoms with Gasteiger partial charge in [-0.05, 0) is 19.4 Å². The van der Waals surface area contributed by atoms with Crippen LogP contribution in [0.3, 0.4) is 0 Å². The molecule has 0 aromatic carbocycles. The Balaban J connectivity index is 2.52. The van der Waals surface area contributed by atoms with Crippen molar-refractivity contribution in [2.24, 2.45) is 5.73 Å². The highest BCUT2D eigenvalue weighted by atomic mass is 16.2. The molecule has 2 amide bonds. The molecule has 0 radical (unpaired) electrons. The zero-order chi connectivity index (χ0) is 13.2. The molecule has 0 aliphatic carbocycles. The zero-order valence-corrected chi connectivity index (χ0v) is 10.8. The molecule has 1 saturated heterocycles. The van der Waals surface area contributed by atoms with E-state index in [2.05, 4.69) is 22.2 Å². The Morgan fingerprint density at radius 1 is 1.72 bits per heavy atom. The van der Waals surface area contributed by atoms with Crippen molar-refractivity contribution in [1.82, 2.24) is 20.2 Å². The Bertz CT molecular complexity index is 424. The molecule has 1 aromatic rings. The summed E-state index contributed by atoms with van der Waals surface area (Å²) in [4.78, 5) is 21.7. The number of carbonyl (C=O) groups excluding carboxylic acids is 1. The fourth-order valence-corrected chi connectivity index (χ4v) is 2.89. The number of nitrogens with one attached hydrogen (secondary N) is 1. The quantitative estimate of drug-likeness (QED) is 0.797. The molecule has 6 nitrogen and oxygen atoms in total. The van der Waals surface area contributed by atoms with E-state index in [-0.39, 0.29) is 6.04 Å². The molecule has 1 aliphatic rings. The van der Waals surface area contributed by atoms with Gasteiger partial charge in [-0.2, -0.15) is 0 Å². The number of nitrogens with two attached hydrogens (primary N) is 1. The molecule has 1 aliphatic heterocycles. The summed E-state index contributed by atoms with van der Waals surface area (Å²) in [6.45, 7) is 5.44. The summed E-state index contributed by atoms with van der Waals surface area (Å²) in [6, 6.07) is 1.55. The van der Waals surface area contributed by atoms with E-state index in [0.29, 0.717) is 6.54 Å². The highest BCUT2D eigenvalue weighted by Gasteiger charge is 2.47. The van der Waals surface area contributed by atoms with E-state index in [0.717, 1.165) is 18.7 Å². The number of piperazine rings is 1. The van der Waals surface area contributed by atoms with Gasteiger partial charge >= 0.3 is 6.03 Å². The largest absolute Gasteiger partial charge is 0.351 e. The Hall–Kier alpha value is -1.69. The van der Waals surface area contributed by atoms with Crippen molar-refractivity contribution in [2.75, 3.05) is 13.1 Å². The molecule has 98 valence electrons. The van der Waals surface area contributed by atoms with Gasteiger partial charge in [-0.25, -0.2) is 14.8 Å². The van der Waals surface area contributed by atoms with Crippen LogP contribution in [0, 0.1) is 0 Å². The molecule has 18 heavy (non-hydrogen) atoms. The minimum Gasteiger partial charge on any atom is -0.351 e. The molecule has 2 heterocycles. The first-order valence-electron chi connectivity index (χ1n) is 6.20. The molecule has 6 heteroatoms. The number of carbonyl (C=O) groups is 1. The maximum atomic E-state index is 11.7. The third-order valence-electron chi connectivity index (χ3n) is 3.81. The van der Waals surface area contributed by atoms with Gasteiger partial charge in [0.25, 0.3) is 0 Å². The summed E-state index contributed by atoms with van der Waals surface area (Å²) in [5.41, 5.74) is 5.87. The number of aromatic nitrogens is 2. The smallest absolute Gasteiger partial charge is 0.315 e. The van der Waals surface area contributed by atoms with Gasteiger partial charge in [0.05, 0.1) is 5.69 Å². The fraction of sp³-hybridized carbons (Fsp3) is 0.583. The summed E-state index contributed by atoms with van der Waals surface area (Å²) in [6.07, 6.45) is 3.95.